The second-order valence-electron chi connectivity index (χ2n) is 1.54. The molecule has 0 aromatic carbocycles. The van der Waals surface area contributed by atoms with Crippen LogP contribution < -0.4 is 0 Å². The van der Waals surface area contributed by atoms with Crippen LogP contribution in [0.5, 0.6) is 0 Å². The Morgan fingerprint density at radius 2 is 2.22 bits per heavy atom. The summed E-state index contributed by atoms with van der Waals surface area (Å²) in [5, 5.41) is 16.9. The van der Waals surface area contributed by atoms with Gasteiger partial charge < -0.3 is 10.2 Å². The Kier molecular flexibility index (Phi) is 3.27. The molecule has 0 aromatic rings. The van der Waals surface area contributed by atoms with Crippen molar-refractivity contribution >= 4 is 17.6 Å². The first-order valence-electron chi connectivity index (χ1n) is 2.29. The maximum absolute atomic E-state index is 9.88. The molecule has 2 N–H and O–H groups in total. The van der Waals surface area contributed by atoms with Crippen molar-refractivity contribution in [3.63, 3.8) is 0 Å². The lowest BCUT2D eigenvalue weighted by atomic mass is 10.3. The minimum atomic E-state index is -1.48. The van der Waals surface area contributed by atoms with Gasteiger partial charge in [-0.3, -0.25) is 0 Å². The lowest BCUT2D eigenvalue weighted by Gasteiger charge is -1.95. The quantitative estimate of drug-likeness (QED) is 0.605. The number of aliphatic hydroxyl groups is 1. The molecule has 0 aliphatic heterocycles. The van der Waals surface area contributed by atoms with Crippen LogP contribution in [0.25, 0.3) is 0 Å². The zero-order valence-corrected chi connectivity index (χ0v) is 5.59. The first kappa shape index (κ1) is 8.46. The summed E-state index contributed by atoms with van der Waals surface area (Å²) in [6.45, 7) is 1.49. The molecule has 0 heterocycles. The van der Waals surface area contributed by atoms with Gasteiger partial charge in [-0.2, -0.15) is 0 Å². The van der Waals surface area contributed by atoms with E-state index in [1.807, 2.05) is 0 Å². The van der Waals surface area contributed by atoms with Crippen LogP contribution in [0.15, 0.2) is 11.1 Å². The van der Waals surface area contributed by atoms with Crippen LogP contribution in [-0.2, 0) is 4.79 Å². The fourth-order valence-corrected chi connectivity index (χ4v) is 0.408. The minimum Gasteiger partial charge on any atom is -0.479 e. The van der Waals surface area contributed by atoms with Gasteiger partial charge in [-0.1, -0.05) is 11.6 Å². The molecule has 1 atom stereocenters. The van der Waals surface area contributed by atoms with Gasteiger partial charge in [0.2, 0.25) is 0 Å². The van der Waals surface area contributed by atoms with Gasteiger partial charge in [0.1, 0.15) is 0 Å². The van der Waals surface area contributed by atoms with E-state index >= 15 is 0 Å². The number of allylic oxidation sites excluding steroid dienone is 1. The minimum absolute atomic E-state index is 0.268. The van der Waals surface area contributed by atoms with Crippen molar-refractivity contribution in [1.82, 2.24) is 0 Å². The van der Waals surface area contributed by atoms with E-state index in [0.717, 1.165) is 6.08 Å². The molecule has 0 amide bonds. The topological polar surface area (TPSA) is 57.5 Å². The van der Waals surface area contributed by atoms with Crippen molar-refractivity contribution in [2.45, 2.75) is 13.0 Å². The molecule has 0 bridgehead atoms. The summed E-state index contributed by atoms with van der Waals surface area (Å²) >= 11 is 5.25. The lowest BCUT2D eigenvalue weighted by molar-refractivity contribution is -0.144. The molecular weight excluding hydrogens is 144 g/mol. The molecule has 0 aromatic heterocycles. The average molecular weight is 151 g/mol. The van der Waals surface area contributed by atoms with E-state index in [4.69, 9.17) is 21.8 Å². The highest BCUT2D eigenvalue weighted by Gasteiger charge is 2.07. The number of carboxylic acids is 1. The molecule has 3 nitrogen and oxygen atoms in total. The molecule has 0 saturated heterocycles. The molecule has 0 spiro atoms. The van der Waals surface area contributed by atoms with E-state index in [1.165, 1.54) is 6.92 Å². The summed E-state index contributed by atoms with van der Waals surface area (Å²) in [4.78, 5) is 9.88. The molecular formula is C5H7ClO3. The Labute approximate surface area is 57.6 Å². The molecule has 0 fully saturated rings. The summed E-state index contributed by atoms with van der Waals surface area (Å²) < 4.78 is 0. The zero-order chi connectivity index (χ0) is 7.44. The van der Waals surface area contributed by atoms with Gasteiger partial charge >= 0.3 is 5.97 Å². The van der Waals surface area contributed by atoms with Gasteiger partial charge in [0.25, 0.3) is 0 Å². The molecule has 0 aliphatic rings. The Morgan fingerprint density at radius 3 is 2.33 bits per heavy atom. The number of rotatable bonds is 2. The van der Waals surface area contributed by atoms with Crippen molar-refractivity contribution in [3.05, 3.63) is 11.1 Å². The van der Waals surface area contributed by atoms with Crippen LogP contribution in [-0.4, -0.2) is 22.3 Å². The van der Waals surface area contributed by atoms with Gasteiger partial charge in [-0.05, 0) is 13.0 Å². The Hall–Kier alpha value is -0.540. The summed E-state index contributed by atoms with van der Waals surface area (Å²) in [5.74, 6) is -1.30. The summed E-state index contributed by atoms with van der Waals surface area (Å²) in [7, 11) is 0. The predicted octanol–water partition coefficient (Wildman–Crippen LogP) is 0.574. The monoisotopic (exact) mass is 150 g/mol. The smallest absolute Gasteiger partial charge is 0.336 e. The van der Waals surface area contributed by atoms with Gasteiger partial charge in [0.15, 0.2) is 6.10 Å². The van der Waals surface area contributed by atoms with E-state index < -0.39 is 12.1 Å². The van der Waals surface area contributed by atoms with Crippen LogP contribution in [0.1, 0.15) is 6.92 Å². The summed E-state index contributed by atoms with van der Waals surface area (Å²) in [6, 6.07) is 0. The van der Waals surface area contributed by atoms with E-state index in [1.54, 1.807) is 0 Å². The number of aliphatic hydroxyl groups excluding tert-OH is 1. The normalized spacial score (nSPS) is 15.2. The van der Waals surface area contributed by atoms with E-state index in [2.05, 4.69) is 0 Å². The molecule has 0 aliphatic carbocycles. The third-order valence-electron chi connectivity index (χ3n) is 0.641. The van der Waals surface area contributed by atoms with Gasteiger partial charge in [-0.25, -0.2) is 4.79 Å². The molecule has 9 heavy (non-hydrogen) atoms. The molecule has 1 unspecified atom stereocenters. The first-order valence-corrected chi connectivity index (χ1v) is 2.66. The van der Waals surface area contributed by atoms with Crippen molar-refractivity contribution in [2.24, 2.45) is 0 Å². The van der Waals surface area contributed by atoms with Crippen molar-refractivity contribution in [1.29, 1.82) is 0 Å². The van der Waals surface area contributed by atoms with Crippen LogP contribution in [0.3, 0.4) is 0 Å². The number of carbonyl (C=O) groups is 1. The maximum Gasteiger partial charge on any atom is 0.336 e. The lowest BCUT2D eigenvalue weighted by Crippen LogP contribution is -2.16. The fourth-order valence-electron chi connectivity index (χ4n) is 0.289. The number of hydrogen-bond acceptors (Lipinski definition) is 2. The third-order valence-corrected chi connectivity index (χ3v) is 0.767. The summed E-state index contributed by atoms with van der Waals surface area (Å²) in [5.41, 5.74) is 0. The summed E-state index contributed by atoms with van der Waals surface area (Å²) in [6.07, 6.45) is -0.438. The number of halogens is 1. The van der Waals surface area contributed by atoms with Gasteiger partial charge in [-0.15, -0.1) is 0 Å². The first-order chi connectivity index (χ1) is 4.04. The molecule has 4 heteroatoms. The highest BCUT2D eigenvalue weighted by atomic mass is 35.5. The molecule has 0 radical (unpaired) electrons. The predicted molar refractivity (Wildman–Crippen MR) is 33.3 cm³/mol. The Morgan fingerprint density at radius 1 is 1.78 bits per heavy atom. The van der Waals surface area contributed by atoms with Crippen LogP contribution >= 0.6 is 11.6 Å². The second kappa shape index (κ2) is 3.48. The third kappa shape index (κ3) is 4.00. The zero-order valence-electron chi connectivity index (χ0n) is 4.84. The standard InChI is InChI=1S/C5H7ClO3/c1-3(6)2-4(7)5(8)9/h2,4,7H,1H3,(H,8,9). The van der Waals surface area contributed by atoms with E-state index in [-0.39, 0.29) is 5.03 Å². The largest absolute Gasteiger partial charge is 0.479 e. The maximum atomic E-state index is 9.88. The Balaban J connectivity index is 3.91. The molecule has 0 rings (SSSR count). The highest BCUT2D eigenvalue weighted by Crippen LogP contribution is 1.99. The van der Waals surface area contributed by atoms with Crippen LogP contribution in [0.2, 0.25) is 0 Å². The fraction of sp³-hybridized carbons (Fsp3) is 0.400. The number of hydrogen-bond donors (Lipinski definition) is 2. The number of aliphatic carboxylic acids is 1. The second-order valence-corrected chi connectivity index (χ2v) is 2.13. The average Bonchev–Trinajstić information content (AvgIpc) is 1.63. The number of carboxylic acid groups (broad SMARTS) is 1. The van der Waals surface area contributed by atoms with Crippen LogP contribution in [0.4, 0.5) is 0 Å². The van der Waals surface area contributed by atoms with Crippen LogP contribution in [0, 0.1) is 0 Å². The molecule has 52 valence electrons. The van der Waals surface area contributed by atoms with E-state index in [0.29, 0.717) is 0 Å². The van der Waals surface area contributed by atoms with Crippen molar-refractivity contribution in [3.8, 4) is 0 Å². The Bertz CT molecular complexity index is 137. The van der Waals surface area contributed by atoms with Gasteiger partial charge in [0.05, 0.1) is 0 Å². The van der Waals surface area contributed by atoms with E-state index in [9.17, 15) is 4.79 Å². The van der Waals surface area contributed by atoms with Crippen molar-refractivity contribution < 1.29 is 15.0 Å². The highest BCUT2D eigenvalue weighted by molar-refractivity contribution is 6.29. The molecule has 0 saturated carbocycles. The van der Waals surface area contributed by atoms with Gasteiger partial charge in [0, 0.05) is 5.03 Å². The van der Waals surface area contributed by atoms with Crippen molar-refractivity contribution in [2.75, 3.05) is 0 Å². The SMILES string of the molecule is CC(Cl)=CC(O)C(=O)O.